The van der Waals surface area contributed by atoms with Gasteiger partial charge in [0.1, 0.15) is 11.6 Å². The van der Waals surface area contributed by atoms with Crippen LogP contribution in [0.25, 0.3) is 0 Å². The second kappa shape index (κ2) is 58.1. The fourth-order valence-corrected chi connectivity index (χ4v) is 37.7. The van der Waals surface area contributed by atoms with E-state index in [-0.39, 0.29) is 97.8 Å². The van der Waals surface area contributed by atoms with Crippen LogP contribution in [0.3, 0.4) is 0 Å². The zero-order valence-corrected chi connectivity index (χ0v) is 72.9. The van der Waals surface area contributed by atoms with E-state index in [1.807, 2.05) is 0 Å². The Balaban J connectivity index is 0. The molecule has 0 saturated heterocycles. The van der Waals surface area contributed by atoms with Gasteiger partial charge in [-0.05, 0) is 78.7 Å². The second-order valence-electron chi connectivity index (χ2n) is 31.4. The zero-order valence-electron chi connectivity index (χ0n) is 67.9. The van der Waals surface area contributed by atoms with E-state index in [2.05, 4.69) is 93.3 Å². The Morgan fingerprint density at radius 3 is 0.598 bits per heavy atom. The predicted molar refractivity (Wildman–Crippen MR) is 422 cm³/mol. The molecule has 0 fully saturated rings. The number of methoxy groups -OCH3 is 8. The third kappa shape index (κ3) is 56.3. The average molecular weight is 1540 g/mol. The molecule has 102 heavy (non-hydrogen) atoms. The highest BCUT2D eigenvalue weighted by Crippen LogP contribution is 2.41. The van der Waals surface area contributed by atoms with Crippen LogP contribution in [0.15, 0.2) is 0 Å². The molecule has 0 aromatic heterocycles. The lowest BCUT2D eigenvalue weighted by atomic mass is 10.2. The van der Waals surface area contributed by atoms with Gasteiger partial charge in [-0.2, -0.15) is 0 Å². The van der Waals surface area contributed by atoms with E-state index in [0.29, 0.717) is 91.1 Å². The van der Waals surface area contributed by atoms with Crippen LogP contribution >= 0.6 is 0 Å². The van der Waals surface area contributed by atoms with Crippen molar-refractivity contribution in [3.8, 4) is 0 Å². The van der Waals surface area contributed by atoms with Crippen LogP contribution in [0.4, 0.5) is 0 Å². The first-order chi connectivity index (χ1) is 48.0. The van der Waals surface area contributed by atoms with Crippen LogP contribution in [0.2, 0.25) is 118 Å². The Morgan fingerprint density at radius 1 is 0.235 bits per heavy atom. The third-order valence-electron chi connectivity index (χ3n) is 20.1. The molecule has 0 aromatic rings. The smallest absolute Gasteiger partial charge is 0.306 e. The van der Waals surface area contributed by atoms with E-state index in [1.165, 1.54) is 142 Å². The first-order valence-corrected chi connectivity index (χ1v) is 54.7. The molecule has 0 aliphatic carbocycles. The van der Waals surface area contributed by atoms with Gasteiger partial charge in [0.15, 0.2) is 0 Å². The summed E-state index contributed by atoms with van der Waals surface area (Å²) in [6.07, 6.45) is 13.4. The Kier molecular flexibility index (Phi) is 57.0. The van der Waals surface area contributed by atoms with E-state index in [0.717, 1.165) is 71.2 Å². The number of hydrogen-bond donors (Lipinski definition) is 0. The minimum Gasteiger partial charge on any atom is -0.469 e. The van der Waals surface area contributed by atoms with Gasteiger partial charge in [0.05, 0.1) is 116 Å². The summed E-state index contributed by atoms with van der Waals surface area (Å²) >= 11 is 0. The molecule has 23 nitrogen and oxygen atoms in total. The summed E-state index contributed by atoms with van der Waals surface area (Å²) in [7, 11) is 2.55. The number of esters is 8. The Hall–Kier alpha value is -4.02. The van der Waals surface area contributed by atoms with Crippen LogP contribution in [-0.2, 0) is 85.8 Å². The van der Waals surface area contributed by atoms with Crippen molar-refractivity contribution in [2.75, 3.05) is 155 Å². The summed E-state index contributed by atoms with van der Waals surface area (Å²) in [5, 5.41) is 0. The first kappa shape index (κ1) is 100. The largest absolute Gasteiger partial charge is 0.469 e. The monoisotopic (exact) mass is 1530 g/mol. The fourth-order valence-electron chi connectivity index (χ4n) is 13.6. The van der Waals surface area contributed by atoms with Crippen molar-refractivity contribution in [1.82, 2.24) is 24.5 Å². The zero-order chi connectivity index (χ0) is 77.6. The molecule has 0 radical (unpaired) electrons. The molecule has 0 atom stereocenters. The molecule has 28 heteroatoms. The number of rotatable bonds is 63. The van der Waals surface area contributed by atoms with Crippen molar-refractivity contribution >= 4 is 99.7 Å². The summed E-state index contributed by atoms with van der Waals surface area (Å²) in [4.78, 5) is 130. The molecule has 0 saturated carbocycles. The van der Waals surface area contributed by atoms with Gasteiger partial charge < -0.3 is 62.4 Å². The van der Waals surface area contributed by atoms with Gasteiger partial charge in [0, 0.05) is 111 Å². The Morgan fingerprint density at radius 2 is 0.412 bits per heavy atom. The number of hydrogen-bond acceptors (Lipinski definition) is 23. The van der Waals surface area contributed by atoms with Crippen molar-refractivity contribution in [2.45, 2.75) is 261 Å². The molecular weight excluding hydrogens is 1390 g/mol. The Labute approximate surface area is 623 Å². The maximum Gasteiger partial charge on any atom is 0.306 e. The van der Waals surface area contributed by atoms with Crippen LogP contribution in [0, 0.1) is 0 Å². The molecule has 0 rings (SSSR count). The SMILES string of the molecule is CCCCN(CCC(=O)OC)CCC(=O)OC.COC(=O)CCN(CCC[Si](C)(C)CCC[Si](CCC[Si](C)(C)CCCN(CCC(C)=O)CCC(C)=O)(CCC[Si](C)(C)CCCN(CCC(=O)OC)CCC(=O)OC)C[Si](C)(C)CCCN(CCC(=O)OC)CCC(=O)OC)CCC(=O)OC. The van der Waals surface area contributed by atoms with Gasteiger partial charge in [0.25, 0.3) is 0 Å². The van der Waals surface area contributed by atoms with Gasteiger partial charge in [0.2, 0.25) is 0 Å². The van der Waals surface area contributed by atoms with E-state index in [4.69, 9.17) is 28.4 Å². The average Bonchev–Trinajstić information content (AvgIpc) is 0.823. The van der Waals surface area contributed by atoms with Crippen molar-refractivity contribution < 1.29 is 85.8 Å². The Bertz CT molecular complexity index is 2210. The molecule has 0 aromatic carbocycles. The normalized spacial score (nSPS) is 12.1. The van der Waals surface area contributed by atoms with Crippen molar-refractivity contribution in [3.63, 3.8) is 0 Å². The minimum absolute atomic E-state index is 0.181. The van der Waals surface area contributed by atoms with Crippen LogP contribution < -0.4 is 0 Å². The first-order valence-electron chi connectivity index (χ1n) is 38.2. The van der Waals surface area contributed by atoms with E-state index < -0.39 is 40.4 Å². The molecule has 0 unspecified atom stereocenters. The van der Waals surface area contributed by atoms with Crippen LogP contribution in [0.5, 0.6) is 0 Å². The van der Waals surface area contributed by atoms with E-state index in [9.17, 15) is 47.9 Å². The van der Waals surface area contributed by atoms with Crippen molar-refractivity contribution in [2.24, 2.45) is 0 Å². The van der Waals surface area contributed by atoms with Crippen molar-refractivity contribution in [1.29, 1.82) is 0 Å². The third-order valence-corrected chi connectivity index (χ3v) is 43.1. The lowest BCUT2D eigenvalue weighted by Gasteiger charge is -2.41. The van der Waals surface area contributed by atoms with Gasteiger partial charge in [-0.15, -0.1) is 0 Å². The highest BCUT2D eigenvalue weighted by molar-refractivity contribution is 6.96. The number of Topliss-reactive ketones (excluding diaryl/α,β-unsaturated/α-hetero) is 2. The molecular formula is C74H147N5O18Si5. The number of carbonyl (C=O) groups excluding carboxylic acids is 10. The molecule has 0 aliphatic rings. The standard InChI is InChI=1S/C62H124N4O14Si5.C12H23NO4/c1-55(67)24-36-63(37-25-56(2)68)32-17-44-81(9,10)48-21-51-85(54-84(15,16)47-20-35-66(42-30-61(73)79-7)43-31-62(74)80-8,52-22-49-82(11,12)45-18-33-64(38-26-57(69)75-3)39-27-58(70)76-4)53-23-50-83(13,14)46-19-34-65(40-28-59(71)77-5)41-29-60(72)78-6;1-4-5-8-13(9-6-11(14)16-2)10-7-12(15)17-3/h17-54H2,1-16H3;4-10H2,1-3H3. The fraction of sp³-hybridized carbons (Fsp3) is 0.865. The predicted octanol–water partition coefficient (Wildman–Crippen LogP) is 12.3. The van der Waals surface area contributed by atoms with Gasteiger partial charge in [-0.3, -0.25) is 47.9 Å². The maximum atomic E-state index is 12.3. The molecule has 0 aliphatic heterocycles. The molecule has 0 amide bonds. The van der Waals surface area contributed by atoms with E-state index in [1.54, 1.807) is 13.8 Å². The number of unbranched alkanes of at least 4 members (excludes halogenated alkanes) is 1. The van der Waals surface area contributed by atoms with Gasteiger partial charge in [-0.25, -0.2) is 0 Å². The summed E-state index contributed by atoms with van der Waals surface area (Å²) in [5.74, 6) is -1.59. The maximum absolute atomic E-state index is 12.3. The summed E-state index contributed by atoms with van der Waals surface area (Å²) in [5.41, 5.74) is 1.38. The number of nitrogens with zero attached hydrogens (tertiary/aromatic N) is 5. The molecule has 0 bridgehead atoms. The molecule has 0 spiro atoms. The second-order valence-corrected chi connectivity index (χ2v) is 58.1. The highest BCUT2D eigenvalue weighted by atomic mass is 28.4. The number of carbonyl (C=O) groups is 10. The summed E-state index contributed by atoms with van der Waals surface area (Å²) in [6.45, 7) is 36.1. The number of ketones is 2. The topological polar surface area (TPSA) is 261 Å². The molecule has 0 N–H and O–H groups in total. The van der Waals surface area contributed by atoms with E-state index >= 15 is 0 Å². The summed E-state index contributed by atoms with van der Waals surface area (Å²) < 4.78 is 39.0. The highest BCUT2D eigenvalue weighted by Gasteiger charge is 2.40. The molecule has 596 valence electrons. The van der Waals surface area contributed by atoms with Gasteiger partial charge >= 0.3 is 47.8 Å². The minimum atomic E-state index is -1.94. The molecule has 0 heterocycles. The van der Waals surface area contributed by atoms with Crippen LogP contribution in [0.1, 0.15) is 143 Å². The number of ether oxygens (including phenoxy) is 8. The lowest BCUT2D eigenvalue weighted by Crippen LogP contribution is -2.45. The van der Waals surface area contributed by atoms with Gasteiger partial charge in [-0.1, -0.05) is 151 Å². The summed E-state index contributed by atoms with van der Waals surface area (Å²) in [6, 6.07) is 12.5. The van der Waals surface area contributed by atoms with Crippen molar-refractivity contribution in [3.05, 3.63) is 0 Å². The van der Waals surface area contributed by atoms with Crippen LogP contribution in [-0.4, -0.2) is 279 Å². The quantitative estimate of drug-likeness (QED) is 0.0311. The lowest BCUT2D eigenvalue weighted by molar-refractivity contribution is -0.142.